The molecule has 50 heavy (non-hydrogen) atoms. The van der Waals surface area contributed by atoms with E-state index in [-0.39, 0.29) is 23.7 Å². The Hall–Kier alpha value is -2.70. The highest BCUT2D eigenvalue weighted by atomic mass is 16.2. The third-order valence-corrected chi connectivity index (χ3v) is 14.8. The average Bonchev–Trinajstić information content (AvgIpc) is 3.92. The second-order valence-corrected chi connectivity index (χ2v) is 17.5. The first-order valence-corrected chi connectivity index (χ1v) is 20.9. The maximum atomic E-state index is 13.4. The van der Waals surface area contributed by atoms with E-state index in [0.717, 1.165) is 63.2 Å². The number of carbonyl (C=O) groups excluding carboxylic acids is 2. The van der Waals surface area contributed by atoms with Crippen LogP contribution in [0.2, 0.25) is 0 Å². The zero-order chi connectivity index (χ0) is 33.6. The van der Waals surface area contributed by atoms with Crippen LogP contribution in [0.1, 0.15) is 162 Å². The lowest BCUT2D eigenvalue weighted by Gasteiger charge is -2.34. The number of rotatable bonds is 10. The van der Waals surface area contributed by atoms with Gasteiger partial charge in [0.2, 0.25) is 11.8 Å². The lowest BCUT2D eigenvalue weighted by atomic mass is 9.79. The van der Waals surface area contributed by atoms with Gasteiger partial charge in [-0.05, 0) is 156 Å². The molecule has 6 atom stereocenters. The van der Waals surface area contributed by atoms with Crippen molar-refractivity contribution in [1.82, 2.24) is 20.4 Å². The van der Waals surface area contributed by atoms with E-state index in [1.54, 1.807) is 22.3 Å². The van der Waals surface area contributed by atoms with E-state index in [9.17, 15) is 9.59 Å². The van der Waals surface area contributed by atoms with Crippen LogP contribution in [0.15, 0.2) is 48.5 Å². The van der Waals surface area contributed by atoms with Crippen molar-refractivity contribution in [3.63, 3.8) is 0 Å². The molecular formula is C44H60N4O2. The smallest absolute Gasteiger partial charge is 0.223 e. The van der Waals surface area contributed by atoms with Gasteiger partial charge in [-0.2, -0.15) is 0 Å². The van der Waals surface area contributed by atoms with Crippen molar-refractivity contribution in [1.29, 1.82) is 0 Å². The largest absolute Gasteiger partial charge is 0.353 e. The Kier molecular flexibility index (Phi) is 9.53. The summed E-state index contributed by atoms with van der Waals surface area (Å²) in [6, 6.07) is 21.4. The molecule has 3 saturated carbocycles. The number of benzene rings is 2. The highest BCUT2D eigenvalue weighted by molar-refractivity contribution is 5.82. The zero-order valence-corrected chi connectivity index (χ0v) is 30.2. The minimum Gasteiger partial charge on any atom is -0.353 e. The maximum absolute atomic E-state index is 13.4. The zero-order valence-electron chi connectivity index (χ0n) is 30.2. The molecule has 0 radical (unpaired) electrons. The van der Waals surface area contributed by atoms with Crippen molar-refractivity contribution >= 4 is 11.8 Å². The molecule has 9 rings (SSSR count). The minimum atomic E-state index is -0.00717. The van der Waals surface area contributed by atoms with Crippen LogP contribution in [0.5, 0.6) is 0 Å². The molecule has 3 aliphatic carbocycles. The van der Waals surface area contributed by atoms with Gasteiger partial charge >= 0.3 is 0 Å². The van der Waals surface area contributed by atoms with Gasteiger partial charge in [0.15, 0.2) is 0 Å². The first-order chi connectivity index (χ1) is 24.6. The van der Waals surface area contributed by atoms with Crippen LogP contribution >= 0.6 is 0 Å². The fourth-order valence-electron chi connectivity index (χ4n) is 12.1. The monoisotopic (exact) mass is 676 g/mol. The van der Waals surface area contributed by atoms with Gasteiger partial charge in [-0.25, -0.2) is 0 Å². The highest BCUT2D eigenvalue weighted by Gasteiger charge is 2.44. The summed E-state index contributed by atoms with van der Waals surface area (Å²) in [5.41, 5.74) is 6.34. The molecule has 4 aliphatic heterocycles. The molecule has 2 N–H and O–H groups in total. The van der Waals surface area contributed by atoms with Crippen molar-refractivity contribution in [2.24, 2.45) is 23.7 Å². The third kappa shape index (κ3) is 6.46. The molecule has 5 fully saturated rings. The third-order valence-electron chi connectivity index (χ3n) is 14.8. The van der Waals surface area contributed by atoms with Gasteiger partial charge in [0, 0.05) is 48.1 Å². The lowest BCUT2D eigenvalue weighted by molar-refractivity contribution is -0.131. The molecule has 2 saturated heterocycles. The van der Waals surface area contributed by atoms with Gasteiger partial charge in [-0.15, -0.1) is 0 Å². The van der Waals surface area contributed by atoms with Crippen molar-refractivity contribution in [2.45, 2.75) is 152 Å². The number of nitrogens with one attached hydrogen (secondary N) is 2. The molecule has 4 heterocycles. The number of fused-ring (bicyclic) bond motifs is 10. The van der Waals surface area contributed by atoms with E-state index in [1.165, 1.54) is 77.3 Å². The maximum Gasteiger partial charge on any atom is 0.223 e. The number of amides is 2. The van der Waals surface area contributed by atoms with E-state index in [0.29, 0.717) is 36.3 Å². The van der Waals surface area contributed by atoms with Gasteiger partial charge < -0.3 is 10.6 Å². The fraction of sp³-hybridized carbons (Fsp3) is 0.682. The van der Waals surface area contributed by atoms with Crippen molar-refractivity contribution in [2.75, 3.05) is 13.1 Å². The van der Waals surface area contributed by atoms with Gasteiger partial charge in [0.05, 0.1) is 0 Å². The highest BCUT2D eigenvalue weighted by Crippen LogP contribution is 2.54. The topological polar surface area (TPSA) is 64.7 Å². The fourth-order valence-corrected chi connectivity index (χ4v) is 12.1. The Morgan fingerprint density at radius 2 is 0.860 bits per heavy atom. The standard InChI is InChI=1S/C44H60N4O2/c49-43(45-33-16-12-29(13-17-33)24-26-47-39-20-21-40(47)36-9-2-1-8-35(36)39)31-6-5-7-32(28-31)44(50)46-34-18-14-30(15-19-34)25-27-48-41-22-23-42(48)38-11-4-3-10-37(38)41/h1-4,8-11,29-34,39-42H,5-7,12-28H2,(H,45,49)(H,46,50)/t29?,30?,31?,32?,33?,34?,39-,40+,41-,42+. The Labute approximate surface area is 300 Å². The van der Waals surface area contributed by atoms with Crippen molar-refractivity contribution in [3.8, 4) is 0 Å². The SMILES string of the molecule is O=C(NC1CCC(CCN2[C@@H]3CC[C@H]2c2ccccc23)CC1)C1CCCC(C(=O)NC2CCC(CCN3[C@@H]4CC[C@H]3c3ccccc34)CC2)C1. The van der Waals surface area contributed by atoms with Crippen molar-refractivity contribution in [3.05, 3.63) is 70.8 Å². The molecule has 268 valence electrons. The predicted molar refractivity (Wildman–Crippen MR) is 198 cm³/mol. The number of carbonyl (C=O) groups is 2. The molecule has 7 aliphatic rings. The molecule has 2 aromatic rings. The Bertz CT molecular complexity index is 1350. The number of hydrogen-bond acceptors (Lipinski definition) is 4. The van der Waals surface area contributed by atoms with Crippen LogP contribution < -0.4 is 10.6 Å². The van der Waals surface area contributed by atoms with Crippen LogP contribution in [0.3, 0.4) is 0 Å². The van der Waals surface area contributed by atoms with Crippen LogP contribution in [0, 0.1) is 23.7 Å². The molecule has 6 heteroatoms. The quantitative estimate of drug-likeness (QED) is 0.264. The van der Waals surface area contributed by atoms with Crippen LogP contribution in [-0.4, -0.2) is 46.8 Å². The van der Waals surface area contributed by atoms with E-state index in [1.807, 2.05) is 0 Å². The summed E-state index contributed by atoms with van der Waals surface area (Å²) in [6.45, 7) is 2.43. The molecule has 6 nitrogen and oxygen atoms in total. The molecule has 2 aromatic carbocycles. The summed E-state index contributed by atoms with van der Waals surface area (Å²) in [4.78, 5) is 32.5. The molecule has 0 aromatic heterocycles. The van der Waals surface area contributed by atoms with Gasteiger partial charge in [-0.1, -0.05) is 55.0 Å². The first-order valence-electron chi connectivity index (χ1n) is 20.9. The summed E-state index contributed by atoms with van der Waals surface area (Å²) >= 11 is 0. The number of nitrogens with zero attached hydrogens (tertiary/aromatic N) is 2. The molecule has 0 spiro atoms. The van der Waals surface area contributed by atoms with Crippen LogP contribution in [-0.2, 0) is 9.59 Å². The van der Waals surface area contributed by atoms with Gasteiger partial charge in [-0.3, -0.25) is 19.4 Å². The Balaban J connectivity index is 0.671. The van der Waals surface area contributed by atoms with E-state index >= 15 is 0 Å². The molecule has 2 amide bonds. The lowest BCUT2D eigenvalue weighted by Crippen LogP contribution is -2.45. The Morgan fingerprint density at radius 1 is 0.500 bits per heavy atom. The summed E-state index contributed by atoms with van der Waals surface area (Å²) in [5, 5.41) is 6.90. The van der Waals surface area contributed by atoms with Crippen molar-refractivity contribution < 1.29 is 9.59 Å². The van der Waals surface area contributed by atoms with Gasteiger partial charge in [0.1, 0.15) is 0 Å². The average molecular weight is 677 g/mol. The summed E-state index contributed by atoms with van der Waals surface area (Å²) in [5.74, 6) is 1.98. The molecular weight excluding hydrogens is 617 g/mol. The normalized spacial score (nSPS) is 36.2. The number of hydrogen-bond donors (Lipinski definition) is 2. The minimum absolute atomic E-state index is 0.00717. The summed E-state index contributed by atoms with van der Waals surface area (Å²) < 4.78 is 0. The van der Waals surface area contributed by atoms with E-state index in [2.05, 4.69) is 69.0 Å². The second-order valence-electron chi connectivity index (χ2n) is 17.5. The Morgan fingerprint density at radius 3 is 1.22 bits per heavy atom. The first kappa shape index (κ1) is 33.2. The van der Waals surface area contributed by atoms with E-state index < -0.39 is 0 Å². The van der Waals surface area contributed by atoms with E-state index in [4.69, 9.17) is 0 Å². The van der Waals surface area contributed by atoms with Crippen LogP contribution in [0.4, 0.5) is 0 Å². The predicted octanol–water partition coefficient (Wildman–Crippen LogP) is 8.71. The summed E-state index contributed by atoms with van der Waals surface area (Å²) in [6.07, 6.45) is 20.8. The molecule has 4 bridgehead atoms. The second kappa shape index (κ2) is 14.4. The molecule has 2 unspecified atom stereocenters. The summed E-state index contributed by atoms with van der Waals surface area (Å²) in [7, 11) is 0. The van der Waals surface area contributed by atoms with Gasteiger partial charge in [0.25, 0.3) is 0 Å². The van der Waals surface area contributed by atoms with Crippen LogP contribution in [0.25, 0.3) is 0 Å².